The van der Waals surface area contributed by atoms with Crippen LogP contribution in [0.4, 0.5) is 0 Å². The van der Waals surface area contributed by atoms with Gasteiger partial charge in [0.15, 0.2) is 5.69 Å². The number of hydrogen-bond donors (Lipinski definition) is 1. The van der Waals surface area contributed by atoms with Crippen LogP contribution in [-0.4, -0.2) is 49.3 Å². The number of hydrogen-bond acceptors (Lipinski definition) is 5. The van der Waals surface area contributed by atoms with Gasteiger partial charge in [-0.1, -0.05) is 18.6 Å². The zero-order valence-electron chi connectivity index (χ0n) is 11.2. The first-order valence-electron chi connectivity index (χ1n) is 6.53. The fourth-order valence-electron chi connectivity index (χ4n) is 2.24. The van der Waals surface area contributed by atoms with E-state index in [0.29, 0.717) is 37.9 Å². The minimum Gasteiger partial charge on any atom is -0.476 e. The second-order valence-electron chi connectivity index (χ2n) is 4.64. The van der Waals surface area contributed by atoms with Gasteiger partial charge in [-0.05, 0) is 12.8 Å². The quantitative estimate of drug-likeness (QED) is 0.818. The predicted octanol–water partition coefficient (Wildman–Crippen LogP) is 0.0778. The number of nitrogens with zero attached hydrogens (tertiary/aromatic N) is 4. The molecule has 0 atom stereocenters. The predicted molar refractivity (Wildman–Crippen MR) is 66.9 cm³/mol. The van der Waals surface area contributed by atoms with Gasteiger partial charge in [0.25, 0.3) is 5.91 Å². The van der Waals surface area contributed by atoms with E-state index < -0.39 is 5.97 Å². The number of carbonyl (C=O) groups is 3. The van der Waals surface area contributed by atoms with Crippen LogP contribution in [0.15, 0.2) is 0 Å². The molecular weight excluding hydrogens is 264 g/mol. The molecule has 1 aromatic rings. The molecule has 0 spiro atoms. The standard InChI is InChI=1S/C12H16N4O4/c1-2-4-8-11(12(19)20)13-14-16(8)7-10(18)15-6-3-5-9(15)17/h2-7H2,1H3,(H,19,20). The number of aromatic carboxylic acids is 1. The first-order valence-corrected chi connectivity index (χ1v) is 6.53. The molecule has 1 saturated heterocycles. The van der Waals surface area contributed by atoms with Crippen molar-refractivity contribution in [3.8, 4) is 0 Å². The molecule has 0 unspecified atom stereocenters. The third kappa shape index (κ3) is 2.68. The highest BCUT2D eigenvalue weighted by atomic mass is 16.4. The summed E-state index contributed by atoms with van der Waals surface area (Å²) in [6.45, 7) is 2.16. The molecule has 1 aliphatic heterocycles. The number of amides is 2. The Balaban J connectivity index is 2.18. The monoisotopic (exact) mass is 280 g/mol. The summed E-state index contributed by atoms with van der Waals surface area (Å²) in [6, 6.07) is 0. The molecule has 2 rings (SSSR count). The average Bonchev–Trinajstić information content (AvgIpc) is 2.97. The van der Waals surface area contributed by atoms with Crippen LogP contribution in [0.25, 0.3) is 0 Å². The molecule has 1 N–H and O–H groups in total. The number of rotatable bonds is 5. The van der Waals surface area contributed by atoms with Crippen molar-refractivity contribution in [3.05, 3.63) is 11.4 Å². The lowest BCUT2D eigenvalue weighted by Gasteiger charge is -2.14. The van der Waals surface area contributed by atoms with Crippen LogP contribution in [0.3, 0.4) is 0 Å². The summed E-state index contributed by atoms with van der Waals surface area (Å²) < 4.78 is 1.28. The molecule has 2 heterocycles. The van der Waals surface area contributed by atoms with Crippen molar-refractivity contribution in [1.29, 1.82) is 0 Å². The Morgan fingerprint density at radius 2 is 2.15 bits per heavy atom. The lowest BCUT2D eigenvalue weighted by molar-refractivity contribution is -0.142. The van der Waals surface area contributed by atoms with Crippen molar-refractivity contribution in [2.75, 3.05) is 6.54 Å². The molecule has 0 aliphatic carbocycles. The highest BCUT2D eigenvalue weighted by Gasteiger charge is 2.28. The van der Waals surface area contributed by atoms with E-state index in [0.717, 1.165) is 0 Å². The lowest BCUT2D eigenvalue weighted by Crippen LogP contribution is -2.35. The van der Waals surface area contributed by atoms with Crippen LogP contribution < -0.4 is 0 Å². The van der Waals surface area contributed by atoms with Gasteiger partial charge in [0.05, 0.1) is 5.69 Å². The van der Waals surface area contributed by atoms with E-state index in [1.165, 1.54) is 9.58 Å². The number of imide groups is 1. The third-order valence-corrected chi connectivity index (χ3v) is 3.19. The van der Waals surface area contributed by atoms with Crippen molar-refractivity contribution in [2.45, 2.75) is 39.2 Å². The molecule has 0 radical (unpaired) electrons. The second kappa shape index (κ2) is 5.81. The number of carboxylic acids is 1. The number of carboxylic acid groups (broad SMARTS) is 1. The Labute approximate surface area is 115 Å². The third-order valence-electron chi connectivity index (χ3n) is 3.19. The van der Waals surface area contributed by atoms with Crippen LogP contribution in [-0.2, 0) is 22.6 Å². The van der Waals surface area contributed by atoms with E-state index in [1.54, 1.807) is 0 Å². The Bertz CT molecular complexity index is 552. The number of likely N-dealkylation sites (tertiary alicyclic amines) is 1. The van der Waals surface area contributed by atoms with Crippen molar-refractivity contribution in [1.82, 2.24) is 19.9 Å². The minimum atomic E-state index is -1.16. The van der Waals surface area contributed by atoms with E-state index in [-0.39, 0.29) is 24.1 Å². The van der Waals surface area contributed by atoms with E-state index in [1.807, 2.05) is 6.92 Å². The largest absolute Gasteiger partial charge is 0.476 e. The molecule has 1 aromatic heterocycles. The van der Waals surface area contributed by atoms with Gasteiger partial charge in [-0.25, -0.2) is 9.48 Å². The molecular formula is C12H16N4O4. The van der Waals surface area contributed by atoms with Gasteiger partial charge >= 0.3 is 5.97 Å². The molecule has 108 valence electrons. The molecule has 1 aliphatic rings. The molecule has 1 fully saturated rings. The summed E-state index contributed by atoms with van der Waals surface area (Å²) in [6.07, 6.45) is 2.23. The van der Waals surface area contributed by atoms with Crippen molar-refractivity contribution < 1.29 is 19.5 Å². The first-order chi connectivity index (χ1) is 9.54. The molecule has 20 heavy (non-hydrogen) atoms. The zero-order valence-corrected chi connectivity index (χ0v) is 11.2. The molecule has 0 bridgehead atoms. The average molecular weight is 280 g/mol. The summed E-state index contributed by atoms with van der Waals surface area (Å²) in [7, 11) is 0. The normalized spacial score (nSPS) is 14.8. The van der Waals surface area contributed by atoms with Crippen LogP contribution in [0.1, 0.15) is 42.4 Å². The fraction of sp³-hybridized carbons (Fsp3) is 0.583. The van der Waals surface area contributed by atoms with Crippen molar-refractivity contribution >= 4 is 17.8 Å². The van der Waals surface area contributed by atoms with Gasteiger partial charge < -0.3 is 5.11 Å². The fourth-order valence-corrected chi connectivity index (χ4v) is 2.24. The molecule has 0 aromatic carbocycles. The molecule has 2 amide bonds. The first kappa shape index (κ1) is 14.2. The Hall–Kier alpha value is -2.25. The maximum absolute atomic E-state index is 12.0. The van der Waals surface area contributed by atoms with Crippen molar-refractivity contribution in [3.63, 3.8) is 0 Å². The van der Waals surface area contributed by atoms with Crippen LogP contribution in [0, 0.1) is 0 Å². The van der Waals surface area contributed by atoms with E-state index >= 15 is 0 Å². The zero-order chi connectivity index (χ0) is 14.7. The molecule has 0 saturated carbocycles. The summed E-state index contributed by atoms with van der Waals surface area (Å²) in [5, 5.41) is 16.3. The highest BCUT2D eigenvalue weighted by Crippen LogP contribution is 2.13. The lowest BCUT2D eigenvalue weighted by atomic mass is 10.2. The summed E-state index contributed by atoms with van der Waals surface area (Å²) in [5.74, 6) is -1.72. The number of aromatic nitrogens is 3. The van der Waals surface area contributed by atoms with Gasteiger partial charge in [-0.15, -0.1) is 5.10 Å². The maximum Gasteiger partial charge on any atom is 0.358 e. The van der Waals surface area contributed by atoms with E-state index in [4.69, 9.17) is 5.11 Å². The van der Waals surface area contributed by atoms with Crippen LogP contribution in [0.5, 0.6) is 0 Å². The molecule has 8 heteroatoms. The summed E-state index contributed by atoms with van der Waals surface area (Å²) >= 11 is 0. The van der Waals surface area contributed by atoms with Crippen LogP contribution in [0.2, 0.25) is 0 Å². The van der Waals surface area contributed by atoms with Gasteiger partial charge in [0.2, 0.25) is 5.91 Å². The second-order valence-corrected chi connectivity index (χ2v) is 4.64. The maximum atomic E-state index is 12.0. The Morgan fingerprint density at radius 1 is 1.40 bits per heavy atom. The minimum absolute atomic E-state index is 0.132. The van der Waals surface area contributed by atoms with Crippen molar-refractivity contribution in [2.24, 2.45) is 0 Å². The van der Waals surface area contributed by atoms with Gasteiger partial charge in [-0.2, -0.15) is 0 Å². The summed E-state index contributed by atoms with van der Waals surface area (Å²) in [5.41, 5.74) is 0.285. The Kier molecular flexibility index (Phi) is 4.11. The summed E-state index contributed by atoms with van der Waals surface area (Å²) in [4.78, 5) is 35.8. The van der Waals surface area contributed by atoms with Gasteiger partial charge in [0.1, 0.15) is 6.54 Å². The van der Waals surface area contributed by atoms with Crippen LogP contribution >= 0.6 is 0 Å². The SMILES string of the molecule is CCCc1c(C(=O)O)nnn1CC(=O)N1CCCC1=O. The van der Waals surface area contributed by atoms with Gasteiger partial charge in [-0.3, -0.25) is 14.5 Å². The highest BCUT2D eigenvalue weighted by molar-refractivity contribution is 5.96. The van der Waals surface area contributed by atoms with E-state index in [9.17, 15) is 14.4 Å². The van der Waals surface area contributed by atoms with Gasteiger partial charge in [0, 0.05) is 13.0 Å². The van der Waals surface area contributed by atoms with E-state index in [2.05, 4.69) is 10.3 Å². The topological polar surface area (TPSA) is 105 Å². The number of carbonyl (C=O) groups excluding carboxylic acids is 2. The smallest absolute Gasteiger partial charge is 0.358 e. The molecule has 8 nitrogen and oxygen atoms in total. The Morgan fingerprint density at radius 3 is 2.70 bits per heavy atom.